The van der Waals surface area contributed by atoms with Crippen LogP contribution < -0.4 is 5.32 Å². The highest BCUT2D eigenvalue weighted by molar-refractivity contribution is 7.13. The molecule has 0 radical (unpaired) electrons. The number of nitrogens with one attached hydrogen (secondary N) is 1. The maximum absolute atomic E-state index is 13.3. The lowest BCUT2D eigenvalue weighted by atomic mass is 10.0. The van der Waals surface area contributed by atoms with E-state index in [2.05, 4.69) is 41.1 Å². The lowest BCUT2D eigenvalue weighted by Crippen LogP contribution is -2.33. The predicted molar refractivity (Wildman–Crippen MR) is 151 cm³/mol. The molecule has 1 amide bonds. The van der Waals surface area contributed by atoms with Gasteiger partial charge in [0.05, 0.1) is 34.1 Å². The summed E-state index contributed by atoms with van der Waals surface area (Å²) in [4.78, 5) is 38.5. The third-order valence-corrected chi connectivity index (χ3v) is 7.26. The van der Waals surface area contributed by atoms with Gasteiger partial charge in [-0.3, -0.25) is 10.1 Å². The first-order valence-corrected chi connectivity index (χ1v) is 13.8. The number of hydrogen-bond donors (Lipinski definition) is 1. The number of rotatable bonds is 11. The normalized spacial score (nSPS) is 12.3. The molecule has 10 heteroatoms. The second-order valence-corrected chi connectivity index (χ2v) is 10.3. The molecule has 1 atom stereocenters. The number of Topliss-reactive ketones (excluding diaryl/α,β-unsaturated/α-hetero) is 1. The van der Waals surface area contributed by atoms with E-state index in [4.69, 9.17) is 9.72 Å². The largest absolute Gasteiger partial charge is 0.447 e. The molecular weight excluding hydrogens is 500 g/mol. The molecule has 9 nitrogen and oxygen atoms in total. The first-order valence-electron chi connectivity index (χ1n) is 12.9. The van der Waals surface area contributed by atoms with E-state index in [0.717, 1.165) is 30.1 Å². The Kier molecular flexibility index (Phi) is 8.85. The zero-order chi connectivity index (χ0) is 27.2. The quantitative estimate of drug-likeness (QED) is 0.230. The lowest BCUT2D eigenvalue weighted by Gasteiger charge is -2.26. The summed E-state index contributed by atoms with van der Waals surface area (Å²) < 4.78 is 6.91. The summed E-state index contributed by atoms with van der Waals surface area (Å²) >= 11 is 1.60. The fourth-order valence-corrected chi connectivity index (χ4v) is 5.06. The number of amides is 1. The number of nitrogens with zero attached hydrogens (tertiary/aromatic N) is 5. The molecule has 0 aliphatic heterocycles. The third-order valence-electron chi connectivity index (χ3n) is 6.36. The van der Waals surface area contributed by atoms with E-state index in [9.17, 15) is 9.59 Å². The monoisotopic (exact) mass is 534 g/mol. The molecule has 1 N–H and O–H groups in total. The van der Waals surface area contributed by atoms with E-state index in [1.54, 1.807) is 48.0 Å². The molecule has 0 saturated heterocycles. The molecule has 0 aromatic carbocycles. The highest BCUT2D eigenvalue weighted by Crippen LogP contribution is 2.29. The van der Waals surface area contributed by atoms with Gasteiger partial charge in [-0.15, -0.1) is 11.3 Å². The number of aromatic nitrogens is 4. The van der Waals surface area contributed by atoms with E-state index in [0.29, 0.717) is 28.9 Å². The summed E-state index contributed by atoms with van der Waals surface area (Å²) in [6, 6.07) is 9.54. The van der Waals surface area contributed by atoms with Crippen LogP contribution >= 0.6 is 11.3 Å². The topological polar surface area (TPSA) is 102 Å². The van der Waals surface area contributed by atoms with Crippen molar-refractivity contribution in [2.45, 2.75) is 59.6 Å². The second-order valence-electron chi connectivity index (χ2n) is 9.35. The van der Waals surface area contributed by atoms with Crippen LogP contribution in [0.1, 0.15) is 57.8 Å². The van der Waals surface area contributed by atoms with Crippen molar-refractivity contribution in [3.63, 3.8) is 0 Å². The molecular formula is C28H34N6O3S. The number of anilines is 1. The van der Waals surface area contributed by atoms with Gasteiger partial charge in [0.1, 0.15) is 5.82 Å². The van der Waals surface area contributed by atoms with Crippen LogP contribution in [0.25, 0.3) is 27.5 Å². The minimum atomic E-state index is -0.629. The minimum absolute atomic E-state index is 0.0170. The first kappa shape index (κ1) is 27.4. The zero-order valence-corrected chi connectivity index (χ0v) is 23.3. The van der Waals surface area contributed by atoms with E-state index >= 15 is 0 Å². The Balaban J connectivity index is 1.70. The fourth-order valence-electron chi connectivity index (χ4n) is 4.37. The van der Waals surface area contributed by atoms with Gasteiger partial charge in [0.15, 0.2) is 11.4 Å². The summed E-state index contributed by atoms with van der Waals surface area (Å²) in [5.74, 6) is 0.221. The zero-order valence-electron chi connectivity index (χ0n) is 22.5. The molecule has 4 aromatic heterocycles. The van der Waals surface area contributed by atoms with Gasteiger partial charge in [0, 0.05) is 24.2 Å². The number of carbonyl (C=O) groups is 2. The van der Waals surface area contributed by atoms with Crippen LogP contribution in [0, 0.1) is 0 Å². The van der Waals surface area contributed by atoms with Crippen molar-refractivity contribution in [2.75, 3.05) is 18.4 Å². The molecule has 0 saturated carbocycles. The Hall–Kier alpha value is -3.63. The van der Waals surface area contributed by atoms with Crippen LogP contribution in [0.5, 0.6) is 0 Å². The molecule has 0 unspecified atom stereocenters. The average molecular weight is 535 g/mol. The van der Waals surface area contributed by atoms with Crippen molar-refractivity contribution in [1.82, 2.24) is 24.5 Å². The summed E-state index contributed by atoms with van der Waals surface area (Å²) in [6.07, 6.45) is 3.72. The van der Waals surface area contributed by atoms with E-state index in [1.807, 2.05) is 29.8 Å². The minimum Gasteiger partial charge on any atom is -0.447 e. The number of fused-ring (bicyclic) bond motifs is 1. The maximum atomic E-state index is 13.3. The summed E-state index contributed by atoms with van der Waals surface area (Å²) in [5, 5.41) is 9.11. The highest BCUT2D eigenvalue weighted by atomic mass is 32.1. The number of ether oxygens (including phenoxy) is 1. The van der Waals surface area contributed by atoms with Crippen molar-refractivity contribution in [3.05, 3.63) is 53.7 Å². The number of ketones is 1. The Bertz CT molecular complexity index is 1400. The highest BCUT2D eigenvalue weighted by Gasteiger charge is 2.19. The first-order chi connectivity index (χ1) is 18.3. The molecule has 0 aliphatic rings. The molecule has 4 aromatic rings. The molecule has 0 bridgehead atoms. The SMILES string of the molecule is CCN(CC)[C@@H](C)CCC(=O)c1cc(NC(=O)OC(C)C)nc(-c2cnn3ccc(-c4cccs4)nc23)c1. The van der Waals surface area contributed by atoms with Crippen LogP contribution in [0.15, 0.2) is 48.1 Å². The molecule has 4 heterocycles. The molecule has 38 heavy (non-hydrogen) atoms. The summed E-state index contributed by atoms with van der Waals surface area (Å²) in [6.45, 7) is 11.8. The van der Waals surface area contributed by atoms with E-state index in [1.165, 1.54) is 0 Å². The molecule has 0 aliphatic carbocycles. The Labute approximate surface area is 226 Å². The average Bonchev–Trinajstić information content (AvgIpc) is 3.57. The van der Waals surface area contributed by atoms with Crippen LogP contribution in [0.3, 0.4) is 0 Å². The van der Waals surface area contributed by atoms with E-state index in [-0.39, 0.29) is 23.7 Å². The smallest absolute Gasteiger partial charge is 0.413 e. The van der Waals surface area contributed by atoms with Gasteiger partial charge in [-0.1, -0.05) is 19.9 Å². The van der Waals surface area contributed by atoms with Gasteiger partial charge < -0.3 is 9.64 Å². The van der Waals surface area contributed by atoms with Gasteiger partial charge in [-0.05, 0) is 69.9 Å². The number of carbonyl (C=O) groups excluding carboxylic acids is 2. The third kappa shape index (κ3) is 6.43. The Morgan fingerprint density at radius 2 is 1.89 bits per heavy atom. The van der Waals surface area contributed by atoms with Gasteiger partial charge in [0.2, 0.25) is 0 Å². The molecule has 0 spiro atoms. The van der Waals surface area contributed by atoms with Crippen LogP contribution in [-0.2, 0) is 4.74 Å². The standard InChI is InChI=1S/C28H34N6O3S/c1-6-33(7-2)19(5)10-11-24(35)20-15-23(30-26(16-20)32-28(36)37-18(3)4)21-17-29-34-13-12-22(31-27(21)34)25-9-8-14-38-25/h8-9,12-19H,6-7,10-11H2,1-5H3,(H,30,32,36)/t19-/m0/s1. The van der Waals surface area contributed by atoms with E-state index < -0.39 is 6.09 Å². The lowest BCUT2D eigenvalue weighted by molar-refractivity contribution is 0.0964. The predicted octanol–water partition coefficient (Wildman–Crippen LogP) is 6.17. The Morgan fingerprint density at radius 1 is 1.11 bits per heavy atom. The van der Waals surface area contributed by atoms with Crippen molar-refractivity contribution in [1.29, 1.82) is 0 Å². The van der Waals surface area contributed by atoms with Gasteiger partial charge in [0.25, 0.3) is 0 Å². The van der Waals surface area contributed by atoms with Crippen LogP contribution in [-0.4, -0.2) is 61.6 Å². The maximum Gasteiger partial charge on any atom is 0.413 e. The van der Waals surface area contributed by atoms with Crippen molar-refractivity contribution < 1.29 is 14.3 Å². The van der Waals surface area contributed by atoms with Crippen molar-refractivity contribution >= 4 is 34.7 Å². The van der Waals surface area contributed by atoms with Crippen molar-refractivity contribution in [2.24, 2.45) is 0 Å². The fraction of sp³-hybridized carbons (Fsp3) is 0.393. The van der Waals surface area contributed by atoms with Crippen molar-refractivity contribution in [3.8, 4) is 21.8 Å². The van der Waals surface area contributed by atoms with Gasteiger partial charge in [-0.25, -0.2) is 19.3 Å². The molecule has 4 rings (SSSR count). The van der Waals surface area contributed by atoms with Gasteiger partial charge >= 0.3 is 6.09 Å². The Morgan fingerprint density at radius 3 is 2.58 bits per heavy atom. The molecule has 200 valence electrons. The number of pyridine rings is 1. The second kappa shape index (κ2) is 12.3. The summed E-state index contributed by atoms with van der Waals surface area (Å²) in [5.41, 5.74) is 3.06. The number of thiophene rings is 1. The molecule has 0 fully saturated rings. The van der Waals surface area contributed by atoms with Crippen LogP contribution in [0.2, 0.25) is 0 Å². The summed E-state index contributed by atoms with van der Waals surface area (Å²) in [7, 11) is 0. The number of hydrogen-bond acceptors (Lipinski definition) is 8. The van der Waals surface area contributed by atoms with Gasteiger partial charge in [-0.2, -0.15) is 5.10 Å². The van der Waals surface area contributed by atoms with Crippen LogP contribution in [0.4, 0.5) is 10.6 Å².